The summed E-state index contributed by atoms with van der Waals surface area (Å²) < 4.78 is 28.9. The maximum Gasteiger partial charge on any atom is 0.146 e. The molecule has 0 fully saturated rings. The predicted octanol–water partition coefficient (Wildman–Crippen LogP) is 3.49. The summed E-state index contributed by atoms with van der Waals surface area (Å²) in [6.07, 6.45) is 2.68. The van der Waals surface area contributed by atoms with Gasteiger partial charge in [-0.15, -0.1) is 0 Å². The molecule has 1 aromatic carbocycles. The predicted molar refractivity (Wildman–Crippen MR) is 70.9 cm³/mol. The average molecular weight is 265 g/mol. The van der Waals surface area contributed by atoms with Gasteiger partial charge in [-0.3, -0.25) is 4.68 Å². The third-order valence-corrected chi connectivity index (χ3v) is 2.95. The van der Waals surface area contributed by atoms with Crippen LogP contribution in [0, 0.1) is 18.6 Å². The van der Waals surface area contributed by atoms with Crippen LogP contribution in [-0.4, -0.2) is 9.78 Å². The summed E-state index contributed by atoms with van der Waals surface area (Å²) in [5, 5.41) is 7.09. The van der Waals surface area contributed by atoms with Gasteiger partial charge in [0, 0.05) is 18.8 Å². The molecular formula is C14H17F2N3. The summed E-state index contributed by atoms with van der Waals surface area (Å²) in [5.74, 6) is -0.855. The van der Waals surface area contributed by atoms with Crippen molar-refractivity contribution in [2.24, 2.45) is 0 Å². The number of aromatic nitrogens is 2. The summed E-state index contributed by atoms with van der Waals surface area (Å²) in [6.45, 7) is 4.83. The highest BCUT2D eigenvalue weighted by atomic mass is 19.1. The molecule has 2 aromatic rings. The third kappa shape index (κ3) is 3.10. The highest BCUT2D eigenvalue weighted by Gasteiger charge is 2.08. The van der Waals surface area contributed by atoms with E-state index < -0.39 is 11.6 Å². The molecule has 19 heavy (non-hydrogen) atoms. The van der Waals surface area contributed by atoms with Crippen molar-refractivity contribution >= 4 is 5.69 Å². The summed E-state index contributed by atoms with van der Waals surface area (Å²) >= 11 is 0. The second-order valence-electron chi connectivity index (χ2n) is 4.48. The van der Waals surface area contributed by atoms with Crippen LogP contribution in [-0.2, 0) is 13.1 Å². The first kappa shape index (κ1) is 13.5. The van der Waals surface area contributed by atoms with Crippen LogP contribution in [0.25, 0.3) is 0 Å². The fourth-order valence-corrected chi connectivity index (χ4v) is 1.89. The van der Waals surface area contributed by atoms with E-state index in [1.807, 2.05) is 10.7 Å². The zero-order valence-electron chi connectivity index (χ0n) is 11.1. The zero-order chi connectivity index (χ0) is 13.8. The van der Waals surface area contributed by atoms with Crippen molar-refractivity contribution in [2.75, 3.05) is 5.32 Å². The SMILES string of the molecule is CCCn1nccc1CNc1cc(F)c(C)cc1F. The monoisotopic (exact) mass is 265 g/mol. The Morgan fingerprint density at radius 2 is 2.05 bits per heavy atom. The lowest BCUT2D eigenvalue weighted by Crippen LogP contribution is -2.10. The summed E-state index contributed by atoms with van der Waals surface area (Å²) in [4.78, 5) is 0. The van der Waals surface area contributed by atoms with Gasteiger partial charge in [0.2, 0.25) is 0 Å². The van der Waals surface area contributed by atoms with Crippen molar-refractivity contribution in [1.82, 2.24) is 9.78 Å². The Balaban J connectivity index is 2.10. The van der Waals surface area contributed by atoms with E-state index in [9.17, 15) is 8.78 Å². The lowest BCUT2D eigenvalue weighted by molar-refractivity contribution is 0.575. The minimum Gasteiger partial charge on any atom is -0.377 e. The van der Waals surface area contributed by atoms with Gasteiger partial charge in [-0.2, -0.15) is 5.10 Å². The van der Waals surface area contributed by atoms with Crippen LogP contribution in [0.2, 0.25) is 0 Å². The van der Waals surface area contributed by atoms with E-state index in [4.69, 9.17) is 0 Å². The number of rotatable bonds is 5. The molecule has 1 N–H and O–H groups in total. The molecule has 2 rings (SSSR count). The fraction of sp³-hybridized carbons (Fsp3) is 0.357. The van der Waals surface area contributed by atoms with Gasteiger partial charge in [0.25, 0.3) is 0 Å². The molecule has 1 heterocycles. The number of hydrogen-bond acceptors (Lipinski definition) is 2. The van der Waals surface area contributed by atoms with Crippen LogP contribution in [0.5, 0.6) is 0 Å². The lowest BCUT2D eigenvalue weighted by atomic mass is 10.2. The van der Waals surface area contributed by atoms with Gasteiger partial charge in [-0.25, -0.2) is 8.78 Å². The Hall–Kier alpha value is -1.91. The van der Waals surface area contributed by atoms with Gasteiger partial charge >= 0.3 is 0 Å². The van der Waals surface area contributed by atoms with E-state index in [0.717, 1.165) is 18.7 Å². The van der Waals surface area contributed by atoms with Crippen LogP contribution in [0.15, 0.2) is 24.4 Å². The molecule has 0 bridgehead atoms. The Bertz CT molecular complexity index is 564. The van der Waals surface area contributed by atoms with Gasteiger partial charge < -0.3 is 5.32 Å². The third-order valence-electron chi connectivity index (χ3n) is 2.95. The molecule has 0 radical (unpaired) electrons. The number of hydrogen-bond donors (Lipinski definition) is 1. The molecule has 0 saturated heterocycles. The van der Waals surface area contributed by atoms with Crippen molar-refractivity contribution in [1.29, 1.82) is 0 Å². The maximum atomic E-state index is 13.7. The molecule has 5 heteroatoms. The number of nitrogens with zero attached hydrogens (tertiary/aromatic N) is 2. The number of halogens is 2. The molecule has 1 aromatic heterocycles. The van der Waals surface area contributed by atoms with E-state index in [1.54, 1.807) is 13.1 Å². The fourth-order valence-electron chi connectivity index (χ4n) is 1.89. The minimum absolute atomic E-state index is 0.173. The quantitative estimate of drug-likeness (QED) is 0.896. The Morgan fingerprint density at radius 3 is 2.79 bits per heavy atom. The molecule has 0 aliphatic carbocycles. The molecule has 0 amide bonds. The van der Waals surface area contributed by atoms with Gasteiger partial charge in [0.05, 0.1) is 17.9 Å². The Morgan fingerprint density at radius 1 is 1.26 bits per heavy atom. The highest BCUT2D eigenvalue weighted by Crippen LogP contribution is 2.19. The molecule has 3 nitrogen and oxygen atoms in total. The molecule has 0 atom stereocenters. The van der Waals surface area contributed by atoms with Crippen LogP contribution in [0.3, 0.4) is 0 Å². The Labute approximate surface area is 111 Å². The second-order valence-corrected chi connectivity index (χ2v) is 4.48. The number of anilines is 1. The molecule has 0 aliphatic rings. The lowest BCUT2D eigenvalue weighted by Gasteiger charge is -2.10. The van der Waals surface area contributed by atoms with Gasteiger partial charge in [-0.1, -0.05) is 6.92 Å². The molecule has 0 saturated carbocycles. The van der Waals surface area contributed by atoms with Gasteiger partial charge in [-0.05, 0) is 31.0 Å². The smallest absolute Gasteiger partial charge is 0.146 e. The first-order valence-electron chi connectivity index (χ1n) is 6.32. The zero-order valence-corrected chi connectivity index (χ0v) is 11.1. The first-order chi connectivity index (χ1) is 9.11. The first-order valence-corrected chi connectivity index (χ1v) is 6.32. The molecular weight excluding hydrogens is 248 g/mol. The highest BCUT2D eigenvalue weighted by molar-refractivity contribution is 5.47. The normalized spacial score (nSPS) is 10.7. The van der Waals surface area contributed by atoms with Crippen molar-refractivity contribution in [3.63, 3.8) is 0 Å². The van der Waals surface area contributed by atoms with Gasteiger partial charge in [0.1, 0.15) is 11.6 Å². The van der Waals surface area contributed by atoms with E-state index >= 15 is 0 Å². The molecule has 102 valence electrons. The Kier molecular flexibility index (Phi) is 4.14. The minimum atomic E-state index is -0.444. The standard InChI is InChI=1S/C14H17F2N3/c1-3-6-19-11(4-5-18-19)9-17-14-8-12(15)10(2)7-13(14)16/h4-5,7-8,17H,3,6,9H2,1-2H3. The van der Waals surface area contributed by atoms with Crippen molar-refractivity contribution < 1.29 is 8.78 Å². The van der Waals surface area contributed by atoms with E-state index in [2.05, 4.69) is 17.3 Å². The average Bonchev–Trinajstić information content (AvgIpc) is 2.80. The van der Waals surface area contributed by atoms with Crippen molar-refractivity contribution in [3.05, 3.63) is 47.3 Å². The second kappa shape index (κ2) is 5.82. The van der Waals surface area contributed by atoms with E-state index in [0.29, 0.717) is 12.1 Å². The van der Waals surface area contributed by atoms with Crippen LogP contribution in [0.1, 0.15) is 24.6 Å². The molecule has 0 aliphatic heterocycles. The number of benzene rings is 1. The maximum absolute atomic E-state index is 13.7. The topological polar surface area (TPSA) is 29.9 Å². The molecule has 0 unspecified atom stereocenters. The summed E-state index contributed by atoms with van der Waals surface area (Å²) in [6, 6.07) is 4.25. The summed E-state index contributed by atoms with van der Waals surface area (Å²) in [7, 11) is 0. The van der Waals surface area contributed by atoms with Crippen molar-refractivity contribution in [3.8, 4) is 0 Å². The van der Waals surface area contributed by atoms with Crippen LogP contribution < -0.4 is 5.32 Å². The summed E-state index contributed by atoms with van der Waals surface area (Å²) in [5.41, 5.74) is 1.42. The largest absolute Gasteiger partial charge is 0.377 e. The number of aryl methyl sites for hydroxylation is 2. The van der Waals surface area contributed by atoms with Crippen molar-refractivity contribution in [2.45, 2.75) is 33.4 Å². The molecule has 0 spiro atoms. The van der Waals surface area contributed by atoms with Gasteiger partial charge in [0.15, 0.2) is 0 Å². The number of nitrogens with one attached hydrogen (secondary N) is 1. The van der Waals surface area contributed by atoms with E-state index in [-0.39, 0.29) is 5.69 Å². The van der Waals surface area contributed by atoms with Crippen LogP contribution in [0.4, 0.5) is 14.5 Å². The van der Waals surface area contributed by atoms with E-state index in [1.165, 1.54) is 12.1 Å². The van der Waals surface area contributed by atoms with Crippen LogP contribution >= 0.6 is 0 Å².